The molecule has 1 aliphatic rings. The van der Waals surface area contributed by atoms with Crippen molar-refractivity contribution in [2.75, 3.05) is 18.5 Å². The van der Waals surface area contributed by atoms with Crippen LogP contribution in [0.5, 0.6) is 0 Å². The maximum atomic E-state index is 12.7. The average molecular weight is 356 g/mol. The number of nitrogens with zero attached hydrogens (tertiary/aromatic N) is 4. The molecule has 2 amide bonds. The molecular weight excluding hydrogens is 336 g/mol. The Labute approximate surface area is 151 Å². The first-order chi connectivity index (χ1) is 12.4. The minimum atomic E-state index is -1.05. The number of esters is 1. The molecule has 0 radical (unpaired) electrons. The van der Waals surface area contributed by atoms with E-state index in [9.17, 15) is 14.4 Å². The third-order valence-electron chi connectivity index (χ3n) is 3.86. The van der Waals surface area contributed by atoms with Gasteiger partial charge in [-0.3, -0.25) is 9.59 Å². The summed E-state index contributed by atoms with van der Waals surface area (Å²) >= 11 is 0. The quantitative estimate of drug-likeness (QED) is 0.718. The maximum absolute atomic E-state index is 12.7. The van der Waals surface area contributed by atoms with Crippen LogP contribution in [0, 0.1) is 11.3 Å². The van der Waals surface area contributed by atoms with E-state index in [4.69, 9.17) is 10.00 Å². The highest BCUT2D eigenvalue weighted by atomic mass is 16.5. The van der Waals surface area contributed by atoms with Gasteiger partial charge in [0.25, 0.3) is 5.91 Å². The molecule has 0 bridgehead atoms. The van der Waals surface area contributed by atoms with Crippen LogP contribution in [-0.2, 0) is 19.1 Å². The van der Waals surface area contributed by atoms with Crippen molar-refractivity contribution < 1.29 is 19.1 Å². The molecule has 1 atom stereocenters. The largest absolute Gasteiger partial charge is 0.448 e. The maximum Gasteiger partial charge on any atom is 0.355 e. The number of hydrogen-bond acceptors (Lipinski definition) is 6. The van der Waals surface area contributed by atoms with E-state index in [1.807, 2.05) is 12.1 Å². The zero-order chi connectivity index (χ0) is 19.1. The van der Waals surface area contributed by atoms with Crippen LogP contribution in [0.25, 0.3) is 0 Å². The lowest BCUT2D eigenvalue weighted by atomic mass is 10.1. The molecule has 8 nitrogen and oxygen atoms in total. The molecule has 1 unspecified atom stereocenters. The predicted octanol–water partition coefficient (Wildman–Crippen LogP) is 1.47. The van der Waals surface area contributed by atoms with E-state index in [2.05, 4.69) is 5.10 Å². The monoisotopic (exact) mass is 356 g/mol. The van der Waals surface area contributed by atoms with Crippen LogP contribution >= 0.6 is 0 Å². The Kier molecular flexibility index (Phi) is 6.44. The molecule has 1 heterocycles. The first-order valence-electron chi connectivity index (χ1n) is 8.22. The van der Waals surface area contributed by atoms with Crippen molar-refractivity contribution >= 4 is 29.2 Å². The van der Waals surface area contributed by atoms with Crippen molar-refractivity contribution in [1.29, 1.82) is 5.26 Å². The lowest BCUT2D eigenvalue weighted by Crippen LogP contribution is -2.42. The summed E-state index contributed by atoms with van der Waals surface area (Å²) in [7, 11) is 1.46. The highest BCUT2D eigenvalue weighted by Crippen LogP contribution is 2.16. The van der Waals surface area contributed by atoms with Crippen molar-refractivity contribution in [3.05, 3.63) is 30.3 Å². The highest BCUT2D eigenvalue weighted by Gasteiger charge is 2.29. The number of ether oxygens (including phenoxy) is 1. The van der Waals surface area contributed by atoms with Gasteiger partial charge in [-0.15, -0.1) is 0 Å². The van der Waals surface area contributed by atoms with E-state index >= 15 is 0 Å². The molecule has 0 aromatic heterocycles. The number of hydrogen-bond donors (Lipinski definition) is 0. The first kappa shape index (κ1) is 19.1. The summed E-state index contributed by atoms with van der Waals surface area (Å²) in [6.45, 7) is 1.67. The number of nitriles is 1. The minimum absolute atomic E-state index is 0.107. The highest BCUT2D eigenvalue weighted by molar-refractivity contribution is 6.37. The van der Waals surface area contributed by atoms with Gasteiger partial charge in [0, 0.05) is 32.1 Å². The van der Waals surface area contributed by atoms with Gasteiger partial charge in [0.2, 0.25) is 5.91 Å². The Morgan fingerprint density at radius 1 is 1.35 bits per heavy atom. The second kappa shape index (κ2) is 8.76. The molecule has 8 heteroatoms. The van der Waals surface area contributed by atoms with E-state index in [1.165, 1.54) is 18.9 Å². The third kappa shape index (κ3) is 4.66. The number of hydrazone groups is 1. The van der Waals surface area contributed by atoms with E-state index in [0.717, 1.165) is 5.01 Å². The molecule has 26 heavy (non-hydrogen) atoms. The van der Waals surface area contributed by atoms with Crippen molar-refractivity contribution in [3.63, 3.8) is 0 Å². The van der Waals surface area contributed by atoms with Gasteiger partial charge in [0.05, 0.1) is 12.5 Å². The Bertz CT molecular complexity index is 754. The predicted molar refractivity (Wildman–Crippen MR) is 94.0 cm³/mol. The smallest absolute Gasteiger partial charge is 0.355 e. The lowest BCUT2D eigenvalue weighted by Gasteiger charge is -2.25. The Morgan fingerprint density at radius 2 is 2.04 bits per heavy atom. The van der Waals surface area contributed by atoms with Gasteiger partial charge in [-0.05, 0) is 19.1 Å². The van der Waals surface area contributed by atoms with E-state index in [0.29, 0.717) is 5.69 Å². The second-order valence-electron chi connectivity index (χ2n) is 5.75. The first-order valence-corrected chi connectivity index (χ1v) is 8.22. The van der Waals surface area contributed by atoms with Crippen LogP contribution in [-0.4, -0.2) is 48.2 Å². The van der Waals surface area contributed by atoms with Crippen molar-refractivity contribution in [1.82, 2.24) is 5.01 Å². The van der Waals surface area contributed by atoms with Crippen molar-refractivity contribution in [2.24, 2.45) is 5.10 Å². The molecule has 0 aliphatic carbocycles. The summed E-state index contributed by atoms with van der Waals surface area (Å²) in [6, 6.07) is 10.9. The van der Waals surface area contributed by atoms with Crippen LogP contribution < -0.4 is 4.90 Å². The number of rotatable bonds is 6. The van der Waals surface area contributed by atoms with Gasteiger partial charge < -0.3 is 9.64 Å². The number of carbonyl (C=O) groups is 3. The standard InChI is InChI=1S/C18H20N4O4/c1-13(26-18(25)15-9-10-16(23)21(2)20-15)17(24)22(12-6-11-19)14-7-4-3-5-8-14/h3-5,7-8,13H,6,9-10,12H2,1-2H3. The molecule has 0 spiro atoms. The summed E-state index contributed by atoms with van der Waals surface area (Å²) < 4.78 is 5.24. The fourth-order valence-electron chi connectivity index (χ4n) is 2.45. The summed E-state index contributed by atoms with van der Waals surface area (Å²) in [5, 5.41) is 13.8. The SMILES string of the molecule is CC(OC(=O)C1=NN(C)C(=O)CC1)C(=O)N(CCC#N)c1ccccc1. The van der Waals surface area contributed by atoms with Gasteiger partial charge >= 0.3 is 5.97 Å². The fourth-order valence-corrected chi connectivity index (χ4v) is 2.45. The van der Waals surface area contributed by atoms with Gasteiger partial charge in [-0.25, -0.2) is 9.80 Å². The number of carbonyl (C=O) groups excluding carboxylic acids is 3. The van der Waals surface area contributed by atoms with E-state index in [-0.39, 0.29) is 37.4 Å². The molecule has 0 saturated heterocycles. The van der Waals surface area contributed by atoms with Crippen LogP contribution in [0.2, 0.25) is 0 Å². The van der Waals surface area contributed by atoms with Crippen molar-refractivity contribution in [3.8, 4) is 6.07 Å². The Hall–Kier alpha value is -3.21. The molecule has 1 aliphatic heterocycles. The second-order valence-corrected chi connectivity index (χ2v) is 5.75. The lowest BCUT2D eigenvalue weighted by molar-refractivity contribution is -0.147. The van der Waals surface area contributed by atoms with Crippen LogP contribution in [0.3, 0.4) is 0 Å². The molecule has 1 aromatic rings. The summed E-state index contributed by atoms with van der Waals surface area (Å²) in [5.74, 6) is -1.34. The molecular formula is C18H20N4O4. The molecule has 1 aromatic carbocycles. The molecule has 2 rings (SSSR count). The zero-order valence-electron chi connectivity index (χ0n) is 14.7. The summed E-state index contributed by atoms with van der Waals surface area (Å²) in [5.41, 5.74) is 0.728. The number of para-hydroxylation sites is 1. The molecule has 136 valence electrons. The average Bonchev–Trinajstić information content (AvgIpc) is 2.64. The number of benzene rings is 1. The zero-order valence-corrected chi connectivity index (χ0v) is 14.7. The number of amides is 2. The Balaban J connectivity index is 2.08. The topological polar surface area (TPSA) is 103 Å². The van der Waals surface area contributed by atoms with Crippen LogP contribution in [0.15, 0.2) is 35.4 Å². The minimum Gasteiger partial charge on any atom is -0.448 e. The van der Waals surface area contributed by atoms with Crippen molar-refractivity contribution in [2.45, 2.75) is 32.3 Å². The molecule has 0 saturated carbocycles. The third-order valence-corrected chi connectivity index (χ3v) is 3.86. The normalized spacial score (nSPS) is 14.9. The summed E-state index contributed by atoms with van der Waals surface area (Å²) in [4.78, 5) is 37.8. The van der Waals surface area contributed by atoms with Gasteiger partial charge in [-0.1, -0.05) is 18.2 Å². The molecule has 0 N–H and O–H groups in total. The van der Waals surface area contributed by atoms with Gasteiger partial charge in [0.15, 0.2) is 6.10 Å². The van der Waals surface area contributed by atoms with E-state index < -0.39 is 18.0 Å². The Morgan fingerprint density at radius 3 is 2.65 bits per heavy atom. The summed E-state index contributed by atoms with van der Waals surface area (Å²) in [6.07, 6.45) is -0.543. The van der Waals surface area contributed by atoms with E-state index in [1.54, 1.807) is 24.3 Å². The fraction of sp³-hybridized carbons (Fsp3) is 0.389. The van der Waals surface area contributed by atoms with Crippen LogP contribution in [0.1, 0.15) is 26.2 Å². The molecule has 0 fully saturated rings. The number of anilines is 1. The van der Waals surface area contributed by atoms with Gasteiger partial charge in [0.1, 0.15) is 5.71 Å². The van der Waals surface area contributed by atoms with Crippen LogP contribution in [0.4, 0.5) is 5.69 Å². The van der Waals surface area contributed by atoms with Gasteiger partial charge in [-0.2, -0.15) is 10.4 Å².